The third-order valence-electron chi connectivity index (χ3n) is 8.51. The summed E-state index contributed by atoms with van der Waals surface area (Å²) in [6.07, 6.45) is 0. The molecule has 11 heteroatoms. The Morgan fingerprint density at radius 3 is 1.24 bits per heavy atom. The molecule has 0 amide bonds. The summed E-state index contributed by atoms with van der Waals surface area (Å²) >= 11 is 0. The molecular formula is C48H55N2O6P3. The standard InChI is InChI=1S/C48H55N2O6P3/c1-37(2)34-51-57(54-46-28-22-43(23-29-46)40-16-10-7-11-17-40)49-59(53-36-39(5)6,56-48-32-26-45(27-33-48)42-20-14-9-15-21-42)50-58(52-35-38(3)4)55-47-30-24-44(25-31-47)41-18-12-8-13-19-41/h7-33,37-39,49H,34-36H2,1-6H3. The molecule has 6 aromatic rings. The zero-order chi connectivity index (χ0) is 41.5. The minimum Gasteiger partial charge on any atom is -0.436 e. The van der Waals surface area contributed by atoms with Gasteiger partial charge in [0.15, 0.2) is 0 Å². The Labute approximate surface area is 353 Å². The Balaban J connectivity index is 1.40. The summed E-state index contributed by atoms with van der Waals surface area (Å²) in [6, 6.07) is 54.7. The van der Waals surface area contributed by atoms with E-state index in [1.165, 1.54) is 0 Å². The predicted octanol–water partition coefficient (Wildman–Crippen LogP) is 15.2. The third-order valence-corrected chi connectivity index (χ3v) is 14.2. The van der Waals surface area contributed by atoms with Crippen LogP contribution in [-0.2, 0) is 13.6 Å². The maximum atomic E-state index is 6.97. The van der Waals surface area contributed by atoms with Gasteiger partial charge in [-0.2, -0.15) is 0 Å². The van der Waals surface area contributed by atoms with Crippen molar-refractivity contribution < 1.29 is 27.1 Å². The molecule has 0 aliphatic rings. The average Bonchev–Trinajstić information content (AvgIpc) is 3.26. The molecule has 0 aliphatic heterocycles. The normalized spacial score (nSPS) is 13.5. The number of nitrogens with zero attached hydrogens (tertiary/aromatic N) is 1. The first kappa shape index (κ1) is 44.2. The first-order valence-electron chi connectivity index (χ1n) is 20.1. The summed E-state index contributed by atoms with van der Waals surface area (Å²) in [4.78, 5) is 3.58. The third kappa shape index (κ3) is 14.1. The molecule has 59 heavy (non-hydrogen) atoms. The van der Waals surface area contributed by atoms with Crippen molar-refractivity contribution in [1.82, 2.24) is 4.86 Å². The first-order chi connectivity index (χ1) is 28.6. The van der Waals surface area contributed by atoms with E-state index in [4.69, 9.17) is 31.7 Å². The van der Waals surface area contributed by atoms with Crippen molar-refractivity contribution in [3.63, 3.8) is 0 Å². The highest BCUT2D eigenvalue weighted by Crippen LogP contribution is 2.62. The number of benzene rings is 6. The van der Waals surface area contributed by atoms with Gasteiger partial charge in [-0.3, -0.25) is 0 Å². The number of nitrogens with one attached hydrogen (secondary N) is 1. The summed E-state index contributed by atoms with van der Waals surface area (Å²) < 4.78 is 45.4. The van der Waals surface area contributed by atoms with Crippen LogP contribution in [0.1, 0.15) is 41.5 Å². The molecule has 0 fully saturated rings. The minimum absolute atomic E-state index is 0.152. The van der Waals surface area contributed by atoms with Crippen molar-refractivity contribution in [2.75, 3.05) is 19.8 Å². The van der Waals surface area contributed by atoms with Gasteiger partial charge in [0.1, 0.15) is 17.2 Å². The average molecular weight is 849 g/mol. The Bertz CT molecular complexity index is 2170. The quantitative estimate of drug-likeness (QED) is 0.0723. The van der Waals surface area contributed by atoms with E-state index >= 15 is 0 Å². The van der Waals surface area contributed by atoms with Gasteiger partial charge in [-0.1, -0.05) is 169 Å². The van der Waals surface area contributed by atoms with Crippen LogP contribution in [0.5, 0.6) is 17.2 Å². The molecular weight excluding hydrogens is 793 g/mol. The van der Waals surface area contributed by atoms with Gasteiger partial charge < -0.3 is 27.1 Å². The number of rotatable bonds is 21. The summed E-state index contributed by atoms with van der Waals surface area (Å²) in [5.41, 5.74) is 6.57. The van der Waals surface area contributed by atoms with E-state index in [1.54, 1.807) is 0 Å². The van der Waals surface area contributed by atoms with Crippen molar-refractivity contribution in [2.45, 2.75) is 41.5 Å². The molecule has 3 unspecified atom stereocenters. The summed E-state index contributed by atoms with van der Waals surface area (Å²) in [5.74, 6) is 2.41. The molecule has 0 aromatic heterocycles. The highest BCUT2D eigenvalue weighted by Gasteiger charge is 2.35. The lowest BCUT2D eigenvalue weighted by Gasteiger charge is -2.30. The molecule has 0 saturated carbocycles. The van der Waals surface area contributed by atoms with Crippen LogP contribution in [-0.4, -0.2) is 19.8 Å². The second-order valence-corrected chi connectivity index (χ2v) is 20.1. The van der Waals surface area contributed by atoms with E-state index in [0.717, 1.165) is 33.4 Å². The highest BCUT2D eigenvalue weighted by atomic mass is 31.3. The monoisotopic (exact) mass is 848 g/mol. The molecule has 0 bridgehead atoms. The van der Waals surface area contributed by atoms with Crippen molar-refractivity contribution in [3.8, 4) is 50.6 Å². The van der Waals surface area contributed by atoms with Gasteiger partial charge in [0, 0.05) is 0 Å². The van der Waals surface area contributed by atoms with Gasteiger partial charge in [-0.25, -0.2) is 0 Å². The Kier molecular flexibility index (Phi) is 16.7. The zero-order valence-corrected chi connectivity index (χ0v) is 37.4. The zero-order valence-electron chi connectivity index (χ0n) is 34.7. The van der Waals surface area contributed by atoms with E-state index in [0.29, 0.717) is 37.1 Å². The topological polar surface area (TPSA) is 79.8 Å². The highest BCUT2D eigenvalue weighted by molar-refractivity contribution is 7.70. The molecule has 1 N–H and O–H groups in total. The SMILES string of the molecule is CC(C)COP(N=P(NP(OCC(C)C)Oc1ccc(-c2ccccc2)cc1)(OCC(C)C)Oc1ccc(-c2ccccc2)cc1)Oc1ccc(-c2ccccc2)cc1. The minimum atomic E-state index is -3.55. The van der Waals surface area contributed by atoms with Gasteiger partial charge in [0.2, 0.25) is 0 Å². The summed E-state index contributed by atoms with van der Waals surface area (Å²) in [5, 5.41) is 0. The van der Waals surface area contributed by atoms with E-state index < -0.39 is 24.7 Å². The smallest absolute Gasteiger partial charge is 0.377 e. The fourth-order valence-corrected chi connectivity index (χ4v) is 11.7. The van der Waals surface area contributed by atoms with Crippen molar-refractivity contribution in [3.05, 3.63) is 164 Å². The Hall–Kier alpha value is -4.35. The van der Waals surface area contributed by atoms with Crippen LogP contribution in [0.15, 0.2) is 168 Å². The summed E-state index contributed by atoms with van der Waals surface area (Å²) in [7, 11) is -7.40. The fourth-order valence-electron chi connectivity index (χ4n) is 5.51. The van der Waals surface area contributed by atoms with E-state index in [9.17, 15) is 0 Å². The van der Waals surface area contributed by atoms with Gasteiger partial charge in [-0.15, -0.1) is 9.37 Å². The molecule has 0 radical (unpaired) electrons. The Morgan fingerprint density at radius 2 is 0.814 bits per heavy atom. The van der Waals surface area contributed by atoms with E-state index in [2.05, 4.69) is 82.8 Å². The molecule has 6 aromatic carbocycles. The van der Waals surface area contributed by atoms with E-state index in [1.807, 2.05) is 127 Å². The van der Waals surface area contributed by atoms with Crippen LogP contribution in [0, 0.1) is 17.8 Å². The fraction of sp³-hybridized carbons (Fsp3) is 0.250. The lowest BCUT2D eigenvalue weighted by atomic mass is 10.1. The maximum Gasteiger partial charge on any atom is 0.377 e. The molecule has 0 saturated heterocycles. The molecule has 8 nitrogen and oxygen atoms in total. The van der Waals surface area contributed by atoms with Crippen LogP contribution in [0.3, 0.4) is 0 Å². The molecule has 0 aliphatic carbocycles. The molecule has 3 atom stereocenters. The maximum absolute atomic E-state index is 6.97. The molecule has 0 heterocycles. The molecule has 6 rings (SSSR count). The van der Waals surface area contributed by atoms with Crippen LogP contribution < -0.4 is 18.4 Å². The van der Waals surface area contributed by atoms with Crippen molar-refractivity contribution in [1.29, 1.82) is 0 Å². The molecule has 308 valence electrons. The van der Waals surface area contributed by atoms with Crippen LogP contribution in [0.4, 0.5) is 0 Å². The lowest BCUT2D eigenvalue weighted by molar-refractivity contribution is 0.248. The second kappa shape index (κ2) is 22.3. The lowest BCUT2D eigenvalue weighted by Crippen LogP contribution is -2.19. The van der Waals surface area contributed by atoms with Gasteiger partial charge >= 0.3 is 24.7 Å². The Morgan fingerprint density at radius 1 is 0.441 bits per heavy atom. The van der Waals surface area contributed by atoms with Gasteiger partial charge in [-0.05, 0) is 87.5 Å². The first-order valence-corrected chi connectivity index (χ1v) is 23.9. The van der Waals surface area contributed by atoms with E-state index in [-0.39, 0.29) is 17.8 Å². The van der Waals surface area contributed by atoms with Crippen molar-refractivity contribution in [2.24, 2.45) is 22.3 Å². The summed E-state index contributed by atoms with van der Waals surface area (Å²) in [6.45, 7) is 13.8. The molecule has 0 spiro atoms. The predicted molar refractivity (Wildman–Crippen MR) is 246 cm³/mol. The van der Waals surface area contributed by atoms with Crippen LogP contribution in [0.25, 0.3) is 33.4 Å². The largest absolute Gasteiger partial charge is 0.436 e. The van der Waals surface area contributed by atoms with Crippen molar-refractivity contribution >= 4 is 24.7 Å². The van der Waals surface area contributed by atoms with Crippen LogP contribution >= 0.6 is 24.7 Å². The van der Waals surface area contributed by atoms with Gasteiger partial charge in [0.25, 0.3) is 0 Å². The van der Waals surface area contributed by atoms with Gasteiger partial charge in [0.05, 0.1) is 19.8 Å². The second-order valence-electron chi connectivity index (χ2n) is 15.2. The number of hydrogen-bond acceptors (Lipinski definition) is 7. The number of hydrogen-bond donors (Lipinski definition) is 1. The van der Waals surface area contributed by atoms with Crippen LogP contribution in [0.2, 0.25) is 0 Å².